The molecule has 1 aliphatic rings. The van der Waals surface area contributed by atoms with Crippen LogP contribution in [0.4, 0.5) is 0 Å². The van der Waals surface area contributed by atoms with Crippen LogP contribution in [0.1, 0.15) is 22.6 Å². The number of hydrogen-bond donors (Lipinski definition) is 0. The Balaban J connectivity index is 1.70. The van der Waals surface area contributed by atoms with E-state index in [-0.39, 0.29) is 11.8 Å². The normalized spacial score (nSPS) is 12.7. The second-order valence-corrected chi connectivity index (χ2v) is 6.88. The Morgan fingerprint density at radius 3 is 2.30 bits per heavy atom. The van der Waals surface area contributed by atoms with E-state index in [9.17, 15) is 4.79 Å². The molecule has 0 spiro atoms. The average Bonchev–Trinajstić information content (AvgIpc) is 3.25. The number of fused-ring (bicyclic) bond motifs is 3. The van der Waals surface area contributed by atoms with Gasteiger partial charge in [0.05, 0.1) is 18.7 Å². The Hall–Kier alpha value is -2.92. The molecule has 0 radical (unpaired) electrons. The van der Waals surface area contributed by atoms with Crippen LogP contribution in [0.15, 0.2) is 60.9 Å². The molecular formula is C22H23N3O2. The van der Waals surface area contributed by atoms with Crippen LogP contribution in [0.3, 0.4) is 0 Å². The maximum absolute atomic E-state index is 13.6. The second kappa shape index (κ2) is 7.37. The number of carbonyl (C=O) groups is 1. The zero-order valence-electron chi connectivity index (χ0n) is 15.6. The van der Waals surface area contributed by atoms with Crippen LogP contribution in [0.25, 0.3) is 11.1 Å². The fraction of sp³-hybridized carbons (Fsp3) is 0.273. The second-order valence-electron chi connectivity index (χ2n) is 6.88. The molecule has 4 rings (SSSR count). The number of nitrogens with zero attached hydrogens (tertiary/aromatic N) is 3. The first kappa shape index (κ1) is 17.5. The molecule has 0 fully saturated rings. The minimum absolute atomic E-state index is 0.105. The number of amides is 1. The lowest BCUT2D eigenvalue weighted by atomic mass is 9.95. The van der Waals surface area contributed by atoms with Gasteiger partial charge in [-0.15, -0.1) is 0 Å². The average molecular weight is 361 g/mol. The van der Waals surface area contributed by atoms with E-state index in [2.05, 4.69) is 29.4 Å². The van der Waals surface area contributed by atoms with Crippen LogP contribution in [0.2, 0.25) is 0 Å². The molecule has 3 aromatic rings. The van der Waals surface area contributed by atoms with Gasteiger partial charge in [-0.3, -0.25) is 9.48 Å². The molecule has 0 atom stereocenters. The van der Waals surface area contributed by atoms with Crippen molar-refractivity contribution in [3.05, 3.63) is 77.6 Å². The fourth-order valence-electron chi connectivity index (χ4n) is 3.85. The van der Waals surface area contributed by atoms with Gasteiger partial charge in [-0.25, -0.2) is 0 Å². The van der Waals surface area contributed by atoms with Gasteiger partial charge in [0, 0.05) is 39.0 Å². The number of ether oxygens (including phenoxy) is 1. The molecule has 0 bridgehead atoms. The fourth-order valence-corrected chi connectivity index (χ4v) is 3.85. The molecule has 1 heterocycles. The van der Waals surface area contributed by atoms with Gasteiger partial charge in [-0.1, -0.05) is 48.5 Å². The third-order valence-corrected chi connectivity index (χ3v) is 5.09. The molecule has 1 amide bonds. The van der Waals surface area contributed by atoms with E-state index in [0.717, 1.165) is 27.8 Å². The van der Waals surface area contributed by atoms with Crippen molar-refractivity contribution >= 4 is 5.91 Å². The lowest BCUT2D eigenvalue weighted by molar-refractivity contribution is -0.133. The SMILES string of the molecule is COCCN(Cc1cnn(C)c1)C(=O)C1c2ccccc2-c2ccccc21. The van der Waals surface area contributed by atoms with Crippen molar-refractivity contribution in [2.75, 3.05) is 20.3 Å². The summed E-state index contributed by atoms with van der Waals surface area (Å²) in [6.07, 6.45) is 3.76. The molecule has 2 aromatic carbocycles. The molecule has 138 valence electrons. The Morgan fingerprint density at radius 2 is 1.74 bits per heavy atom. The van der Waals surface area contributed by atoms with Gasteiger partial charge in [0.25, 0.3) is 0 Å². The summed E-state index contributed by atoms with van der Waals surface area (Å²) in [6.45, 7) is 1.57. The summed E-state index contributed by atoms with van der Waals surface area (Å²) in [5, 5.41) is 4.23. The van der Waals surface area contributed by atoms with Gasteiger partial charge in [-0.05, 0) is 22.3 Å². The minimum atomic E-state index is -0.272. The van der Waals surface area contributed by atoms with Gasteiger partial charge in [-0.2, -0.15) is 5.10 Å². The molecule has 1 aliphatic carbocycles. The number of benzene rings is 2. The molecule has 27 heavy (non-hydrogen) atoms. The quantitative estimate of drug-likeness (QED) is 0.677. The van der Waals surface area contributed by atoms with Crippen LogP contribution < -0.4 is 0 Å². The van der Waals surface area contributed by atoms with E-state index in [1.54, 1.807) is 11.8 Å². The Bertz CT molecular complexity index is 918. The summed E-state index contributed by atoms with van der Waals surface area (Å²) >= 11 is 0. The number of methoxy groups -OCH3 is 1. The van der Waals surface area contributed by atoms with E-state index in [1.165, 1.54) is 0 Å². The Kier molecular flexibility index (Phi) is 4.77. The Labute approximate surface area is 159 Å². The highest BCUT2D eigenvalue weighted by molar-refractivity contribution is 5.96. The number of hydrogen-bond acceptors (Lipinski definition) is 3. The largest absolute Gasteiger partial charge is 0.383 e. The summed E-state index contributed by atoms with van der Waals surface area (Å²) in [5.41, 5.74) is 5.48. The van der Waals surface area contributed by atoms with Crippen LogP contribution in [-0.2, 0) is 23.1 Å². The van der Waals surface area contributed by atoms with E-state index < -0.39 is 0 Å². The van der Waals surface area contributed by atoms with Crippen molar-refractivity contribution in [2.24, 2.45) is 7.05 Å². The number of rotatable bonds is 6. The maximum atomic E-state index is 13.6. The summed E-state index contributed by atoms with van der Waals surface area (Å²) in [6, 6.07) is 16.4. The standard InChI is InChI=1S/C22H23N3O2/c1-24-14-16(13-23-24)15-25(11-12-27-2)22(26)21-19-9-5-3-7-17(19)18-8-4-6-10-20(18)21/h3-10,13-14,21H,11-12,15H2,1-2H3. The molecule has 5 heteroatoms. The van der Waals surface area contributed by atoms with Crippen molar-refractivity contribution in [1.29, 1.82) is 0 Å². The highest BCUT2D eigenvalue weighted by Gasteiger charge is 2.35. The first-order valence-corrected chi connectivity index (χ1v) is 9.12. The van der Waals surface area contributed by atoms with Crippen LogP contribution in [-0.4, -0.2) is 40.8 Å². The van der Waals surface area contributed by atoms with E-state index in [1.807, 2.05) is 48.6 Å². The van der Waals surface area contributed by atoms with Gasteiger partial charge in [0.15, 0.2) is 0 Å². The maximum Gasteiger partial charge on any atom is 0.235 e. The third-order valence-electron chi connectivity index (χ3n) is 5.09. The molecular weight excluding hydrogens is 338 g/mol. The van der Waals surface area contributed by atoms with Crippen molar-refractivity contribution < 1.29 is 9.53 Å². The van der Waals surface area contributed by atoms with Gasteiger partial charge >= 0.3 is 0 Å². The molecule has 0 saturated carbocycles. The molecule has 0 saturated heterocycles. The lowest BCUT2D eigenvalue weighted by Crippen LogP contribution is -2.36. The predicted molar refractivity (Wildman–Crippen MR) is 104 cm³/mol. The van der Waals surface area contributed by atoms with Crippen molar-refractivity contribution in [1.82, 2.24) is 14.7 Å². The zero-order chi connectivity index (χ0) is 18.8. The van der Waals surface area contributed by atoms with Crippen LogP contribution in [0.5, 0.6) is 0 Å². The van der Waals surface area contributed by atoms with Crippen LogP contribution in [0, 0.1) is 0 Å². The number of aryl methyl sites for hydroxylation is 1. The highest BCUT2D eigenvalue weighted by atomic mass is 16.5. The highest BCUT2D eigenvalue weighted by Crippen LogP contribution is 2.45. The summed E-state index contributed by atoms with van der Waals surface area (Å²) in [5.74, 6) is -0.167. The number of aromatic nitrogens is 2. The lowest BCUT2D eigenvalue weighted by Gasteiger charge is -2.26. The van der Waals surface area contributed by atoms with Gasteiger partial charge in [0.2, 0.25) is 5.91 Å². The Morgan fingerprint density at radius 1 is 1.11 bits per heavy atom. The summed E-state index contributed by atoms with van der Waals surface area (Å²) in [7, 11) is 3.54. The van der Waals surface area contributed by atoms with E-state index in [4.69, 9.17) is 4.74 Å². The van der Waals surface area contributed by atoms with Crippen LogP contribution >= 0.6 is 0 Å². The van der Waals surface area contributed by atoms with Crippen molar-refractivity contribution in [3.8, 4) is 11.1 Å². The summed E-state index contributed by atoms with van der Waals surface area (Å²) in [4.78, 5) is 15.5. The smallest absolute Gasteiger partial charge is 0.235 e. The van der Waals surface area contributed by atoms with E-state index >= 15 is 0 Å². The number of carbonyl (C=O) groups excluding carboxylic acids is 1. The van der Waals surface area contributed by atoms with Crippen molar-refractivity contribution in [3.63, 3.8) is 0 Å². The third kappa shape index (κ3) is 3.26. The predicted octanol–water partition coefficient (Wildman–Crippen LogP) is 3.21. The monoisotopic (exact) mass is 361 g/mol. The van der Waals surface area contributed by atoms with Gasteiger partial charge < -0.3 is 9.64 Å². The first-order chi connectivity index (χ1) is 13.2. The molecule has 0 unspecified atom stereocenters. The van der Waals surface area contributed by atoms with Gasteiger partial charge in [0.1, 0.15) is 0 Å². The molecule has 1 aromatic heterocycles. The minimum Gasteiger partial charge on any atom is -0.383 e. The van der Waals surface area contributed by atoms with Crippen molar-refractivity contribution in [2.45, 2.75) is 12.5 Å². The molecule has 0 aliphatic heterocycles. The zero-order valence-corrected chi connectivity index (χ0v) is 15.6. The topological polar surface area (TPSA) is 47.4 Å². The molecule has 0 N–H and O–H groups in total. The van der Waals surface area contributed by atoms with E-state index in [0.29, 0.717) is 19.7 Å². The first-order valence-electron chi connectivity index (χ1n) is 9.12. The summed E-state index contributed by atoms with van der Waals surface area (Å²) < 4.78 is 7.01. The molecule has 5 nitrogen and oxygen atoms in total.